The van der Waals surface area contributed by atoms with E-state index < -0.39 is 5.60 Å². The van der Waals surface area contributed by atoms with Crippen molar-refractivity contribution >= 4 is 22.0 Å². The van der Waals surface area contributed by atoms with E-state index in [4.69, 9.17) is 4.74 Å². The molecule has 0 saturated carbocycles. The lowest BCUT2D eigenvalue weighted by atomic mass is 9.94. The number of amides is 1. The van der Waals surface area contributed by atoms with Gasteiger partial charge in [-0.2, -0.15) is 0 Å². The number of carbonyl (C=O) groups is 1. The van der Waals surface area contributed by atoms with Gasteiger partial charge in [-0.25, -0.2) is 4.79 Å². The molecule has 104 valence electrons. The van der Waals surface area contributed by atoms with Crippen molar-refractivity contribution in [2.24, 2.45) is 0 Å². The molecule has 1 aromatic rings. The summed E-state index contributed by atoms with van der Waals surface area (Å²) in [5.41, 5.74) is 2.05. The maximum absolute atomic E-state index is 12.2. The molecule has 0 radical (unpaired) electrons. The van der Waals surface area contributed by atoms with E-state index in [9.17, 15) is 4.79 Å². The second-order valence-electron chi connectivity index (χ2n) is 5.91. The predicted octanol–water partition coefficient (Wildman–Crippen LogP) is 4.30. The standard InChI is InChI=1S/C15H20BrNO2/c1-10-13-11(6-5-7-12(13)16)8-9-17(10)14(18)19-15(2,3)4/h5-7,10H,8-9H2,1-4H3. The minimum atomic E-state index is -0.453. The molecule has 2 rings (SSSR count). The third-order valence-electron chi connectivity index (χ3n) is 3.28. The van der Waals surface area contributed by atoms with Crippen LogP contribution in [-0.4, -0.2) is 23.1 Å². The van der Waals surface area contributed by atoms with Crippen molar-refractivity contribution in [3.05, 3.63) is 33.8 Å². The van der Waals surface area contributed by atoms with Gasteiger partial charge in [-0.15, -0.1) is 0 Å². The zero-order chi connectivity index (χ0) is 14.2. The highest BCUT2D eigenvalue weighted by Gasteiger charge is 2.31. The van der Waals surface area contributed by atoms with Gasteiger partial charge in [0.05, 0.1) is 6.04 Å². The van der Waals surface area contributed by atoms with Gasteiger partial charge in [-0.05, 0) is 51.3 Å². The first-order chi connectivity index (χ1) is 8.79. The number of hydrogen-bond acceptors (Lipinski definition) is 2. The zero-order valence-corrected chi connectivity index (χ0v) is 13.5. The van der Waals surface area contributed by atoms with Crippen molar-refractivity contribution < 1.29 is 9.53 Å². The van der Waals surface area contributed by atoms with Crippen molar-refractivity contribution in [2.75, 3.05) is 6.54 Å². The molecule has 0 bridgehead atoms. The van der Waals surface area contributed by atoms with Crippen LogP contribution < -0.4 is 0 Å². The first-order valence-corrected chi connectivity index (χ1v) is 7.36. The van der Waals surface area contributed by atoms with Crippen molar-refractivity contribution in [2.45, 2.75) is 45.8 Å². The third-order valence-corrected chi connectivity index (χ3v) is 3.97. The quantitative estimate of drug-likeness (QED) is 0.711. The second kappa shape index (κ2) is 5.16. The van der Waals surface area contributed by atoms with E-state index >= 15 is 0 Å². The average Bonchev–Trinajstić information content (AvgIpc) is 2.26. The fourth-order valence-corrected chi connectivity index (χ4v) is 3.17. The lowest BCUT2D eigenvalue weighted by Gasteiger charge is -2.36. The minimum absolute atomic E-state index is 0.0363. The predicted molar refractivity (Wildman–Crippen MR) is 79.2 cm³/mol. The molecule has 4 heteroatoms. The molecule has 1 aromatic carbocycles. The molecule has 1 aliphatic heterocycles. The van der Waals surface area contributed by atoms with Gasteiger partial charge in [0.1, 0.15) is 5.60 Å². The molecule has 0 aliphatic carbocycles. The van der Waals surface area contributed by atoms with Crippen molar-refractivity contribution in [1.29, 1.82) is 0 Å². The summed E-state index contributed by atoms with van der Waals surface area (Å²) in [5, 5.41) is 0. The normalized spacial score (nSPS) is 19.0. The van der Waals surface area contributed by atoms with E-state index in [0.29, 0.717) is 6.54 Å². The van der Waals surface area contributed by atoms with E-state index in [1.54, 1.807) is 4.90 Å². The Kier molecular flexibility index (Phi) is 3.90. The smallest absolute Gasteiger partial charge is 0.410 e. The summed E-state index contributed by atoms with van der Waals surface area (Å²) in [6.45, 7) is 8.43. The van der Waals surface area contributed by atoms with Crippen LogP contribution in [-0.2, 0) is 11.2 Å². The van der Waals surface area contributed by atoms with Gasteiger partial charge >= 0.3 is 6.09 Å². The van der Waals surface area contributed by atoms with E-state index in [2.05, 4.69) is 22.0 Å². The molecule has 1 atom stereocenters. The van der Waals surface area contributed by atoms with Gasteiger partial charge in [0.2, 0.25) is 0 Å². The van der Waals surface area contributed by atoms with Crippen LogP contribution in [0.15, 0.2) is 22.7 Å². The van der Waals surface area contributed by atoms with Crippen molar-refractivity contribution in [3.63, 3.8) is 0 Å². The summed E-state index contributed by atoms with van der Waals surface area (Å²) in [6, 6.07) is 6.23. The zero-order valence-electron chi connectivity index (χ0n) is 11.9. The summed E-state index contributed by atoms with van der Waals surface area (Å²) in [4.78, 5) is 14.0. The number of hydrogen-bond donors (Lipinski definition) is 0. The molecule has 1 amide bonds. The molecule has 0 aromatic heterocycles. The average molecular weight is 326 g/mol. The topological polar surface area (TPSA) is 29.5 Å². The second-order valence-corrected chi connectivity index (χ2v) is 6.77. The van der Waals surface area contributed by atoms with Crippen molar-refractivity contribution in [1.82, 2.24) is 4.90 Å². The largest absolute Gasteiger partial charge is 0.444 e. The number of rotatable bonds is 0. The number of benzene rings is 1. The van der Waals surface area contributed by atoms with Crippen LogP contribution in [0, 0.1) is 0 Å². The van der Waals surface area contributed by atoms with E-state index in [1.807, 2.05) is 39.8 Å². The molecule has 19 heavy (non-hydrogen) atoms. The Morgan fingerprint density at radius 2 is 2.11 bits per heavy atom. The maximum Gasteiger partial charge on any atom is 0.410 e. The Labute approximate surface area is 123 Å². The number of carbonyl (C=O) groups excluding carboxylic acids is 1. The van der Waals surface area contributed by atoms with E-state index in [1.165, 1.54) is 11.1 Å². The number of ether oxygens (including phenoxy) is 1. The summed E-state index contributed by atoms with van der Waals surface area (Å²) in [5.74, 6) is 0. The Morgan fingerprint density at radius 1 is 1.42 bits per heavy atom. The Bertz CT molecular complexity index is 493. The van der Waals surface area contributed by atoms with Crippen LogP contribution in [0.25, 0.3) is 0 Å². The minimum Gasteiger partial charge on any atom is -0.444 e. The molecule has 1 aliphatic rings. The van der Waals surface area contributed by atoms with Crippen molar-refractivity contribution in [3.8, 4) is 0 Å². The lowest BCUT2D eigenvalue weighted by Crippen LogP contribution is -2.42. The molecular formula is C15H20BrNO2. The Morgan fingerprint density at radius 3 is 2.74 bits per heavy atom. The van der Waals surface area contributed by atoms with Crippen LogP contribution in [0.5, 0.6) is 0 Å². The maximum atomic E-state index is 12.2. The Hall–Kier alpha value is -1.03. The fourth-order valence-electron chi connectivity index (χ4n) is 2.43. The molecule has 0 fully saturated rings. The van der Waals surface area contributed by atoms with Gasteiger partial charge in [0, 0.05) is 11.0 Å². The number of nitrogens with zero attached hydrogens (tertiary/aromatic N) is 1. The summed E-state index contributed by atoms with van der Waals surface area (Å²) in [6.07, 6.45) is 0.639. The van der Waals surface area contributed by atoms with Crippen LogP contribution in [0.3, 0.4) is 0 Å². The summed E-state index contributed by atoms with van der Waals surface area (Å²) >= 11 is 3.58. The highest BCUT2D eigenvalue weighted by atomic mass is 79.9. The highest BCUT2D eigenvalue weighted by Crippen LogP contribution is 2.35. The fraction of sp³-hybridized carbons (Fsp3) is 0.533. The third kappa shape index (κ3) is 3.11. The van der Waals surface area contributed by atoms with Gasteiger partial charge < -0.3 is 9.64 Å². The molecule has 1 heterocycles. The first-order valence-electron chi connectivity index (χ1n) is 6.56. The Balaban J connectivity index is 2.24. The highest BCUT2D eigenvalue weighted by molar-refractivity contribution is 9.10. The molecule has 0 saturated heterocycles. The van der Waals surface area contributed by atoms with Crippen LogP contribution in [0.4, 0.5) is 4.79 Å². The van der Waals surface area contributed by atoms with Crippen LogP contribution in [0.1, 0.15) is 44.9 Å². The first kappa shape index (κ1) is 14.4. The number of halogens is 1. The van der Waals surface area contributed by atoms with E-state index in [0.717, 1.165) is 10.9 Å². The lowest BCUT2D eigenvalue weighted by molar-refractivity contribution is 0.0159. The molecule has 1 unspecified atom stereocenters. The molecule has 3 nitrogen and oxygen atoms in total. The van der Waals surface area contributed by atoms with Gasteiger partial charge in [-0.3, -0.25) is 0 Å². The monoisotopic (exact) mass is 325 g/mol. The van der Waals surface area contributed by atoms with E-state index in [-0.39, 0.29) is 12.1 Å². The van der Waals surface area contributed by atoms with Crippen LogP contribution in [0.2, 0.25) is 0 Å². The van der Waals surface area contributed by atoms with Gasteiger partial charge in [-0.1, -0.05) is 28.1 Å². The molecule has 0 N–H and O–H groups in total. The summed E-state index contributed by atoms with van der Waals surface area (Å²) < 4.78 is 6.54. The van der Waals surface area contributed by atoms with Gasteiger partial charge in [0.15, 0.2) is 0 Å². The van der Waals surface area contributed by atoms with Gasteiger partial charge in [0.25, 0.3) is 0 Å². The SMILES string of the molecule is CC1c2c(Br)cccc2CCN1C(=O)OC(C)(C)C. The van der Waals surface area contributed by atoms with Crippen LogP contribution >= 0.6 is 15.9 Å². The number of fused-ring (bicyclic) bond motifs is 1. The molecular weight excluding hydrogens is 306 g/mol. The summed E-state index contributed by atoms with van der Waals surface area (Å²) in [7, 11) is 0. The molecule has 0 spiro atoms.